The molecule has 2 aliphatic rings. The number of nitrogens with zero attached hydrogens (tertiary/aromatic N) is 2. The van der Waals surface area contributed by atoms with Crippen LogP contribution < -0.4 is 9.62 Å². The van der Waals surface area contributed by atoms with Crippen LogP contribution in [0.25, 0.3) is 0 Å². The SMILES string of the molecule is CN(C)S(=O)(=O)c1ccc(S(=O)(=O)Nc2cccc(Cl)c2N2CC3CC3C2)s1. The Kier molecular flexibility index (Phi) is 4.90. The number of rotatable bonds is 6. The third kappa shape index (κ3) is 3.52. The number of fused-ring (bicyclic) bond motifs is 1. The Labute approximate surface area is 174 Å². The molecule has 1 aliphatic carbocycles. The first-order chi connectivity index (χ1) is 13.1. The first-order valence-electron chi connectivity index (χ1n) is 8.68. The van der Waals surface area contributed by atoms with Gasteiger partial charge in [-0.15, -0.1) is 11.3 Å². The van der Waals surface area contributed by atoms with E-state index in [1.807, 2.05) is 0 Å². The summed E-state index contributed by atoms with van der Waals surface area (Å²) in [6.45, 7) is 1.74. The molecule has 152 valence electrons. The Morgan fingerprint density at radius 1 is 1.07 bits per heavy atom. The van der Waals surface area contributed by atoms with Crippen LogP contribution in [0.2, 0.25) is 5.02 Å². The fourth-order valence-electron chi connectivity index (χ4n) is 3.46. The summed E-state index contributed by atoms with van der Waals surface area (Å²) in [4.78, 5) is 2.12. The number of hydrogen-bond acceptors (Lipinski definition) is 6. The second-order valence-corrected chi connectivity index (χ2v) is 13.0. The second-order valence-electron chi connectivity index (χ2n) is 7.26. The number of benzene rings is 1. The molecule has 1 aromatic heterocycles. The topological polar surface area (TPSA) is 86.8 Å². The molecule has 1 saturated heterocycles. The maximum absolute atomic E-state index is 12.9. The van der Waals surface area contributed by atoms with Crippen molar-refractivity contribution in [1.82, 2.24) is 4.31 Å². The Balaban J connectivity index is 1.64. The third-order valence-electron chi connectivity index (χ3n) is 5.08. The van der Waals surface area contributed by atoms with Crippen molar-refractivity contribution in [3.8, 4) is 0 Å². The summed E-state index contributed by atoms with van der Waals surface area (Å²) in [5.41, 5.74) is 1.08. The van der Waals surface area contributed by atoms with E-state index in [1.54, 1.807) is 18.2 Å². The number of halogens is 1. The zero-order chi connectivity index (χ0) is 20.3. The van der Waals surface area contributed by atoms with E-state index in [-0.39, 0.29) is 8.42 Å². The predicted molar refractivity (Wildman–Crippen MR) is 111 cm³/mol. The maximum atomic E-state index is 12.9. The molecular weight excluding hydrogens is 442 g/mol. The van der Waals surface area contributed by atoms with E-state index < -0.39 is 20.0 Å². The number of anilines is 2. The zero-order valence-electron chi connectivity index (χ0n) is 15.3. The van der Waals surface area contributed by atoms with Crippen molar-refractivity contribution in [3.05, 3.63) is 35.4 Å². The normalized spacial score (nSPS) is 21.8. The van der Waals surface area contributed by atoms with E-state index in [0.29, 0.717) is 28.2 Å². The van der Waals surface area contributed by atoms with Gasteiger partial charge in [0, 0.05) is 27.2 Å². The Bertz CT molecular complexity index is 1120. The molecule has 0 radical (unpaired) electrons. The molecule has 2 heterocycles. The third-order valence-corrected chi connectivity index (χ3v) is 10.6. The van der Waals surface area contributed by atoms with E-state index in [9.17, 15) is 16.8 Å². The molecule has 1 aromatic carbocycles. The van der Waals surface area contributed by atoms with Crippen molar-refractivity contribution in [2.45, 2.75) is 14.8 Å². The number of thiophene rings is 1. The largest absolute Gasteiger partial charge is 0.368 e. The van der Waals surface area contributed by atoms with Gasteiger partial charge in [-0.25, -0.2) is 21.1 Å². The van der Waals surface area contributed by atoms with Crippen molar-refractivity contribution >= 4 is 54.4 Å². The summed E-state index contributed by atoms with van der Waals surface area (Å²) in [7, 11) is -4.83. The van der Waals surface area contributed by atoms with Crippen molar-refractivity contribution in [3.63, 3.8) is 0 Å². The lowest BCUT2D eigenvalue weighted by Gasteiger charge is -2.25. The van der Waals surface area contributed by atoms with Gasteiger partial charge in [0.2, 0.25) is 0 Å². The van der Waals surface area contributed by atoms with Gasteiger partial charge < -0.3 is 4.90 Å². The van der Waals surface area contributed by atoms with Gasteiger partial charge >= 0.3 is 0 Å². The molecule has 4 rings (SSSR count). The highest BCUT2D eigenvalue weighted by atomic mass is 35.5. The van der Waals surface area contributed by atoms with Crippen LogP contribution >= 0.6 is 22.9 Å². The molecule has 2 aromatic rings. The lowest BCUT2D eigenvalue weighted by Crippen LogP contribution is -2.24. The molecule has 7 nitrogen and oxygen atoms in total. The molecule has 11 heteroatoms. The average Bonchev–Trinajstić information content (AvgIpc) is 3.01. The van der Waals surface area contributed by atoms with Crippen molar-refractivity contribution in [2.24, 2.45) is 11.8 Å². The minimum Gasteiger partial charge on any atom is -0.368 e. The molecule has 2 fully saturated rings. The Hall–Kier alpha value is -1.33. The van der Waals surface area contributed by atoms with Gasteiger partial charge in [-0.2, -0.15) is 0 Å². The summed E-state index contributed by atoms with van der Waals surface area (Å²) in [5, 5.41) is 0.489. The van der Waals surface area contributed by atoms with Crippen LogP contribution in [0.4, 0.5) is 11.4 Å². The first kappa shape index (κ1) is 20.0. The molecule has 0 bridgehead atoms. The van der Waals surface area contributed by atoms with Crippen LogP contribution in [0, 0.1) is 11.8 Å². The van der Waals surface area contributed by atoms with Crippen LogP contribution in [0.1, 0.15) is 6.42 Å². The molecule has 28 heavy (non-hydrogen) atoms. The molecule has 1 aliphatic heterocycles. The minimum absolute atomic E-state index is 0.0242. The number of para-hydroxylation sites is 1. The standard InChI is InChI=1S/C17H20ClN3O4S3/c1-20(2)28(24,25)16-7-6-15(26-16)27(22,23)19-14-5-3-4-13(18)17(14)21-9-11-8-12(11)10-21/h3-7,11-12,19H,8-10H2,1-2H3. The molecule has 2 unspecified atom stereocenters. The summed E-state index contributed by atoms with van der Waals surface area (Å²) in [6, 6.07) is 7.72. The highest BCUT2D eigenvalue weighted by Gasteiger charge is 2.46. The highest BCUT2D eigenvalue weighted by molar-refractivity contribution is 7.96. The number of sulfonamides is 2. The monoisotopic (exact) mass is 461 g/mol. The lowest BCUT2D eigenvalue weighted by atomic mass is 10.2. The Morgan fingerprint density at radius 2 is 1.71 bits per heavy atom. The van der Waals surface area contributed by atoms with E-state index in [1.165, 1.54) is 32.6 Å². The molecule has 0 spiro atoms. The second kappa shape index (κ2) is 6.88. The van der Waals surface area contributed by atoms with Crippen molar-refractivity contribution in [2.75, 3.05) is 36.8 Å². The lowest BCUT2D eigenvalue weighted by molar-refractivity contribution is 0.523. The van der Waals surface area contributed by atoms with Crippen molar-refractivity contribution in [1.29, 1.82) is 0 Å². The van der Waals surface area contributed by atoms with E-state index in [0.717, 1.165) is 28.7 Å². The fraction of sp³-hybridized carbons (Fsp3) is 0.412. The van der Waals surface area contributed by atoms with E-state index in [2.05, 4.69) is 9.62 Å². The summed E-state index contributed by atoms with van der Waals surface area (Å²) in [6.07, 6.45) is 1.22. The van der Waals surface area contributed by atoms with Crippen molar-refractivity contribution < 1.29 is 16.8 Å². The van der Waals surface area contributed by atoms with Crippen LogP contribution in [0.3, 0.4) is 0 Å². The average molecular weight is 462 g/mol. The van der Waals surface area contributed by atoms with E-state index in [4.69, 9.17) is 11.6 Å². The summed E-state index contributed by atoms with van der Waals surface area (Å²) >= 11 is 7.10. The maximum Gasteiger partial charge on any atom is 0.271 e. The molecule has 1 saturated carbocycles. The van der Waals surface area contributed by atoms with Gasteiger partial charge in [-0.05, 0) is 42.5 Å². The quantitative estimate of drug-likeness (QED) is 0.714. The number of nitrogens with one attached hydrogen (secondary N) is 1. The first-order valence-corrected chi connectivity index (χ1v) is 12.8. The van der Waals surface area contributed by atoms with Crippen LogP contribution in [0.15, 0.2) is 38.8 Å². The summed E-state index contributed by atoms with van der Waals surface area (Å²) < 4.78 is 53.8. The van der Waals surface area contributed by atoms with Gasteiger partial charge in [-0.1, -0.05) is 17.7 Å². The molecule has 0 amide bonds. The smallest absolute Gasteiger partial charge is 0.271 e. The van der Waals surface area contributed by atoms with Gasteiger partial charge in [0.1, 0.15) is 8.42 Å². The highest BCUT2D eigenvalue weighted by Crippen LogP contribution is 2.49. The van der Waals surface area contributed by atoms with Crippen LogP contribution in [-0.4, -0.2) is 48.3 Å². The molecule has 1 N–H and O–H groups in total. The van der Waals surface area contributed by atoms with Gasteiger partial charge in [-0.3, -0.25) is 4.72 Å². The summed E-state index contributed by atoms with van der Waals surface area (Å²) in [5.74, 6) is 1.33. The molecular formula is C17H20ClN3O4S3. The minimum atomic E-state index is -3.95. The van der Waals surface area contributed by atoms with Crippen LogP contribution in [0.5, 0.6) is 0 Å². The predicted octanol–water partition coefficient (Wildman–Crippen LogP) is 2.91. The number of piperidine rings is 1. The van der Waals surface area contributed by atoms with Gasteiger partial charge in [0.15, 0.2) is 0 Å². The Morgan fingerprint density at radius 3 is 2.36 bits per heavy atom. The molecule has 2 atom stereocenters. The van der Waals surface area contributed by atoms with E-state index >= 15 is 0 Å². The zero-order valence-corrected chi connectivity index (χ0v) is 18.5. The fourth-order valence-corrected chi connectivity index (χ4v) is 7.76. The number of hydrogen-bond donors (Lipinski definition) is 1. The van der Waals surface area contributed by atoms with Gasteiger partial charge in [0.05, 0.1) is 16.4 Å². The van der Waals surface area contributed by atoms with Crippen LogP contribution in [-0.2, 0) is 20.0 Å². The van der Waals surface area contributed by atoms with Gasteiger partial charge in [0.25, 0.3) is 20.0 Å².